The average Bonchev–Trinajstić information content (AvgIpc) is 2.98. The van der Waals surface area contributed by atoms with Crippen molar-refractivity contribution in [3.63, 3.8) is 0 Å². The molecule has 3 rings (SSSR count). The first kappa shape index (κ1) is 17.0. The SMILES string of the molecule is CCC1CN(c2cccc(Oc3ccccc3)c2)C(=O)C1N(C)C=O. The summed E-state index contributed by atoms with van der Waals surface area (Å²) in [5, 5.41) is 0. The molecule has 2 aromatic rings. The third-order valence-corrected chi connectivity index (χ3v) is 4.62. The van der Waals surface area contributed by atoms with Crippen LogP contribution in [0.4, 0.5) is 5.69 Å². The molecule has 2 atom stereocenters. The Bertz CT molecular complexity index is 748. The molecule has 25 heavy (non-hydrogen) atoms. The van der Waals surface area contributed by atoms with Crippen LogP contribution in [0.15, 0.2) is 54.6 Å². The molecule has 1 heterocycles. The van der Waals surface area contributed by atoms with Crippen LogP contribution in [0.1, 0.15) is 13.3 Å². The molecule has 1 aliphatic rings. The van der Waals surface area contributed by atoms with E-state index in [0.29, 0.717) is 12.3 Å². The van der Waals surface area contributed by atoms with E-state index in [1.165, 1.54) is 4.90 Å². The van der Waals surface area contributed by atoms with Gasteiger partial charge in [0.1, 0.15) is 17.5 Å². The number of rotatable bonds is 6. The maximum atomic E-state index is 12.8. The summed E-state index contributed by atoms with van der Waals surface area (Å²) in [6.07, 6.45) is 1.56. The normalized spacial score (nSPS) is 19.8. The average molecular weight is 338 g/mol. The van der Waals surface area contributed by atoms with E-state index in [1.807, 2.05) is 61.5 Å². The van der Waals surface area contributed by atoms with E-state index in [0.717, 1.165) is 24.3 Å². The fourth-order valence-corrected chi connectivity index (χ4v) is 3.28. The lowest BCUT2D eigenvalue weighted by molar-refractivity contribution is -0.129. The summed E-state index contributed by atoms with van der Waals surface area (Å²) in [6.45, 7) is 2.65. The zero-order valence-corrected chi connectivity index (χ0v) is 14.5. The van der Waals surface area contributed by atoms with Gasteiger partial charge in [-0.15, -0.1) is 0 Å². The Labute approximate surface area is 147 Å². The zero-order valence-electron chi connectivity index (χ0n) is 14.5. The highest BCUT2D eigenvalue weighted by atomic mass is 16.5. The van der Waals surface area contributed by atoms with Crippen LogP contribution in [-0.4, -0.2) is 36.9 Å². The molecular formula is C20H22N2O3. The maximum absolute atomic E-state index is 12.8. The number of benzene rings is 2. The number of para-hydroxylation sites is 1. The summed E-state index contributed by atoms with van der Waals surface area (Å²) in [6, 6.07) is 16.6. The summed E-state index contributed by atoms with van der Waals surface area (Å²) in [5.41, 5.74) is 0.790. The second-order valence-electron chi connectivity index (χ2n) is 6.25. The molecule has 0 aliphatic carbocycles. The topological polar surface area (TPSA) is 49.9 Å². The minimum Gasteiger partial charge on any atom is -0.457 e. The monoisotopic (exact) mass is 338 g/mol. The standard InChI is InChI=1S/C20H22N2O3/c1-3-15-13-22(20(24)19(15)21(2)14-23)16-8-7-11-18(12-16)25-17-9-5-4-6-10-17/h4-12,14-15,19H,3,13H2,1-2H3. The van der Waals surface area contributed by atoms with Crippen molar-refractivity contribution in [2.45, 2.75) is 19.4 Å². The van der Waals surface area contributed by atoms with Crippen molar-refractivity contribution in [3.8, 4) is 11.5 Å². The van der Waals surface area contributed by atoms with Gasteiger partial charge in [0.25, 0.3) is 0 Å². The predicted octanol–water partition coefficient (Wildman–Crippen LogP) is 3.31. The molecule has 0 radical (unpaired) electrons. The lowest BCUT2D eigenvalue weighted by Crippen LogP contribution is -2.41. The van der Waals surface area contributed by atoms with Crippen molar-refractivity contribution in [2.24, 2.45) is 5.92 Å². The molecular weight excluding hydrogens is 316 g/mol. The van der Waals surface area contributed by atoms with Gasteiger partial charge in [0.15, 0.2) is 0 Å². The summed E-state index contributed by atoms with van der Waals surface area (Å²) in [5.74, 6) is 1.51. The van der Waals surface area contributed by atoms with E-state index in [4.69, 9.17) is 4.74 Å². The summed E-state index contributed by atoms with van der Waals surface area (Å²) < 4.78 is 5.86. The van der Waals surface area contributed by atoms with Gasteiger partial charge in [-0.1, -0.05) is 31.2 Å². The highest BCUT2D eigenvalue weighted by Crippen LogP contribution is 2.32. The number of hydrogen-bond donors (Lipinski definition) is 0. The fraction of sp³-hybridized carbons (Fsp3) is 0.300. The van der Waals surface area contributed by atoms with Crippen molar-refractivity contribution in [3.05, 3.63) is 54.6 Å². The molecule has 0 N–H and O–H groups in total. The lowest BCUT2D eigenvalue weighted by atomic mass is 10.00. The van der Waals surface area contributed by atoms with Gasteiger partial charge >= 0.3 is 0 Å². The summed E-state index contributed by atoms with van der Waals surface area (Å²) in [7, 11) is 1.66. The fourth-order valence-electron chi connectivity index (χ4n) is 3.28. The number of carbonyl (C=O) groups excluding carboxylic acids is 2. The van der Waals surface area contributed by atoms with Gasteiger partial charge in [0.05, 0.1) is 0 Å². The molecule has 130 valence electrons. The third-order valence-electron chi connectivity index (χ3n) is 4.62. The van der Waals surface area contributed by atoms with Crippen LogP contribution < -0.4 is 9.64 Å². The number of ether oxygens (including phenoxy) is 1. The van der Waals surface area contributed by atoms with E-state index < -0.39 is 6.04 Å². The Balaban J connectivity index is 1.83. The Morgan fingerprint density at radius 1 is 1.16 bits per heavy atom. The number of nitrogens with zero attached hydrogens (tertiary/aromatic N) is 2. The molecule has 2 unspecified atom stereocenters. The van der Waals surface area contributed by atoms with Crippen molar-refractivity contribution >= 4 is 18.0 Å². The van der Waals surface area contributed by atoms with Crippen LogP contribution in [0.5, 0.6) is 11.5 Å². The predicted molar refractivity (Wildman–Crippen MR) is 96.7 cm³/mol. The molecule has 1 aliphatic heterocycles. The Kier molecular flexibility index (Phi) is 5.03. The smallest absolute Gasteiger partial charge is 0.250 e. The number of hydrogen-bond acceptors (Lipinski definition) is 3. The minimum atomic E-state index is -0.402. The van der Waals surface area contributed by atoms with Crippen LogP contribution in [0, 0.1) is 5.92 Å². The van der Waals surface area contributed by atoms with E-state index in [2.05, 4.69) is 0 Å². The summed E-state index contributed by atoms with van der Waals surface area (Å²) in [4.78, 5) is 27.2. The molecule has 0 bridgehead atoms. The zero-order chi connectivity index (χ0) is 17.8. The Morgan fingerprint density at radius 3 is 2.56 bits per heavy atom. The first-order valence-electron chi connectivity index (χ1n) is 8.45. The Morgan fingerprint density at radius 2 is 1.88 bits per heavy atom. The minimum absolute atomic E-state index is 0.0432. The van der Waals surface area contributed by atoms with Crippen molar-refractivity contribution in [1.82, 2.24) is 4.90 Å². The molecule has 1 fully saturated rings. The van der Waals surface area contributed by atoms with Crippen LogP contribution in [0.3, 0.4) is 0 Å². The van der Waals surface area contributed by atoms with Crippen molar-refractivity contribution in [1.29, 1.82) is 0 Å². The molecule has 5 nitrogen and oxygen atoms in total. The largest absolute Gasteiger partial charge is 0.457 e. The van der Waals surface area contributed by atoms with Crippen LogP contribution in [0.25, 0.3) is 0 Å². The van der Waals surface area contributed by atoms with Crippen LogP contribution in [0.2, 0.25) is 0 Å². The quantitative estimate of drug-likeness (QED) is 0.759. The molecule has 0 aromatic heterocycles. The van der Waals surface area contributed by atoms with Crippen molar-refractivity contribution in [2.75, 3.05) is 18.5 Å². The second kappa shape index (κ2) is 7.38. The van der Waals surface area contributed by atoms with E-state index >= 15 is 0 Å². The number of anilines is 1. The first-order chi connectivity index (χ1) is 12.1. The first-order valence-corrected chi connectivity index (χ1v) is 8.45. The highest BCUT2D eigenvalue weighted by molar-refractivity contribution is 6.00. The lowest BCUT2D eigenvalue weighted by Gasteiger charge is -2.22. The molecule has 2 amide bonds. The van der Waals surface area contributed by atoms with Crippen LogP contribution >= 0.6 is 0 Å². The number of carbonyl (C=O) groups is 2. The highest BCUT2D eigenvalue weighted by Gasteiger charge is 2.42. The van der Waals surface area contributed by atoms with E-state index in [1.54, 1.807) is 11.9 Å². The van der Waals surface area contributed by atoms with Gasteiger partial charge in [-0.05, 0) is 30.7 Å². The second-order valence-corrected chi connectivity index (χ2v) is 6.25. The van der Waals surface area contributed by atoms with Gasteiger partial charge in [-0.3, -0.25) is 9.59 Å². The molecule has 5 heteroatoms. The summed E-state index contributed by atoms with van der Waals surface area (Å²) >= 11 is 0. The van der Waals surface area contributed by atoms with Crippen LogP contribution in [-0.2, 0) is 9.59 Å². The number of likely N-dealkylation sites (N-methyl/N-ethyl adjacent to an activating group) is 1. The van der Waals surface area contributed by atoms with Gasteiger partial charge < -0.3 is 14.5 Å². The molecule has 0 spiro atoms. The molecule has 1 saturated heterocycles. The van der Waals surface area contributed by atoms with Gasteiger partial charge in [-0.2, -0.15) is 0 Å². The number of amides is 2. The van der Waals surface area contributed by atoms with Gasteiger partial charge in [0, 0.05) is 31.3 Å². The maximum Gasteiger partial charge on any atom is 0.250 e. The van der Waals surface area contributed by atoms with E-state index in [-0.39, 0.29) is 11.8 Å². The molecule has 2 aromatic carbocycles. The van der Waals surface area contributed by atoms with Gasteiger partial charge in [-0.25, -0.2) is 0 Å². The molecule has 0 saturated carbocycles. The van der Waals surface area contributed by atoms with Gasteiger partial charge in [0.2, 0.25) is 12.3 Å². The Hall–Kier alpha value is -2.82. The van der Waals surface area contributed by atoms with E-state index in [9.17, 15) is 9.59 Å². The third kappa shape index (κ3) is 3.50. The van der Waals surface area contributed by atoms with Crippen molar-refractivity contribution < 1.29 is 14.3 Å².